The molecular formula is C31H19NO2. The van der Waals surface area contributed by atoms with Gasteiger partial charge in [-0.1, -0.05) is 60.7 Å². The first kappa shape index (κ1) is 18.1. The number of benzene rings is 6. The molecule has 160 valence electrons. The first-order valence-electron chi connectivity index (χ1n) is 11.5. The van der Waals surface area contributed by atoms with Gasteiger partial charge in [0.15, 0.2) is 0 Å². The van der Waals surface area contributed by atoms with Crippen molar-refractivity contribution in [2.75, 3.05) is 0 Å². The molecule has 0 saturated carbocycles. The highest BCUT2D eigenvalue weighted by Gasteiger charge is 2.19. The summed E-state index contributed by atoms with van der Waals surface area (Å²) < 4.78 is 12.5. The largest absolute Gasteiger partial charge is 0.456 e. The highest BCUT2D eigenvalue weighted by Crippen LogP contribution is 2.45. The number of rotatable bonds is 2. The van der Waals surface area contributed by atoms with Crippen molar-refractivity contribution < 1.29 is 8.83 Å². The average Bonchev–Trinajstić information content (AvgIpc) is 3.46. The van der Waals surface area contributed by atoms with E-state index in [0.717, 1.165) is 44.2 Å². The van der Waals surface area contributed by atoms with Crippen LogP contribution in [-0.2, 0) is 6.54 Å². The summed E-state index contributed by atoms with van der Waals surface area (Å²) >= 11 is 0. The van der Waals surface area contributed by atoms with Gasteiger partial charge >= 0.3 is 0 Å². The minimum absolute atomic E-state index is 0.489. The molecule has 0 bridgehead atoms. The topological polar surface area (TPSA) is 52.3 Å². The summed E-state index contributed by atoms with van der Waals surface area (Å²) in [7, 11) is 0. The molecule has 8 aromatic rings. The Morgan fingerprint density at radius 3 is 1.91 bits per heavy atom. The van der Waals surface area contributed by atoms with Crippen molar-refractivity contribution in [3.8, 4) is 11.1 Å². The Bertz CT molecular complexity index is 2060. The molecule has 3 heteroatoms. The molecule has 0 spiro atoms. The Balaban J connectivity index is 1.51. The molecule has 3 nitrogen and oxygen atoms in total. The van der Waals surface area contributed by atoms with Crippen LogP contribution in [0.4, 0.5) is 0 Å². The number of nitrogens with two attached hydrogens (primary N) is 1. The number of furan rings is 2. The normalized spacial score (nSPS) is 12.4. The van der Waals surface area contributed by atoms with E-state index < -0.39 is 0 Å². The molecule has 2 heterocycles. The molecule has 0 amide bonds. The van der Waals surface area contributed by atoms with Crippen LogP contribution in [0.25, 0.3) is 76.5 Å². The quantitative estimate of drug-likeness (QED) is 0.276. The fourth-order valence-corrected chi connectivity index (χ4v) is 5.84. The third kappa shape index (κ3) is 2.19. The molecule has 0 aliphatic rings. The molecule has 0 atom stereocenters. The Morgan fingerprint density at radius 1 is 0.500 bits per heavy atom. The highest BCUT2D eigenvalue weighted by molar-refractivity contribution is 6.34. The van der Waals surface area contributed by atoms with E-state index in [-0.39, 0.29) is 0 Å². The van der Waals surface area contributed by atoms with Crippen molar-refractivity contribution >= 4 is 65.4 Å². The van der Waals surface area contributed by atoms with Gasteiger partial charge in [-0.05, 0) is 68.6 Å². The zero-order chi connectivity index (χ0) is 22.4. The van der Waals surface area contributed by atoms with Crippen molar-refractivity contribution in [2.45, 2.75) is 6.54 Å². The zero-order valence-electron chi connectivity index (χ0n) is 18.3. The second-order valence-corrected chi connectivity index (χ2v) is 9.00. The molecule has 0 aliphatic carbocycles. The van der Waals surface area contributed by atoms with E-state index in [1.165, 1.54) is 37.9 Å². The monoisotopic (exact) mass is 437 g/mol. The molecule has 0 unspecified atom stereocenters. The van der Waals surface area contributed by atoms with Crippen molar-refractivity contribution in [3.63, 3.8) is 0 Å². The van der Waals surface area contributed by atoms with E-state index in [2.05, 4.69) is 78.9 Å². The second-order valence-electron chi connectivity index (χ2n) is 9.00. The van der Waals surface area contributed by atoms with Gasteiger partial charge in [0.05, 0.1) is 0 Å². The lowest BCUT2D eigenvalue weighted by Gasteiger charge is -2.13. The first-order chi connectivity index (χ1) is 16.8. The molecule has 2 N–H and O–H groups in total. The van der Waals surface area contributed by atoms with E-state index in [1.807, 2.05) is 12.1 Å². The van der Waals surface area contributed by atoms with Gasteiger partial charge in [0, 0.05) is 28.1 Å². The van der Waals surface area contributed by atoms with Crippen molar-refractivity contribution in [3.05, 3.63) is 96.6 Å². The fraction of sp³-hybridized carbons (Fsp3) is 0.0323. The summed E-state index contributed by atoms with van der Waals surface area (Å²) in [5, 5.41) is 9.55. The number of fused-ring (bicyclic) bond motifs is 6. The summed E-state index contributed by atoms with van der Waals surface area (Å²) in [6.45, 7) is 0.489. The maximum atomic E-state index is 6.28. The van der Waals surface area contributed by atoms with Gasteiger partial charge < -0.3 is 14.6 Å². The molecule has 2 aromatic heterocycles. The highest BCUT2D eigenvalue weighted by atomic mass is 16.3. The molecular weight excluding hydrogens is 418 g/mol. The van der Waals surface area contributed by atoms with E-state index in [9.17, 15) is 0 Å². The standard InChI is InChI=1S/C31H19NO2/c32-16-18-5-1-10-24-28(18)22-14-13-17(15-27(22)34-24)19-6-2-7-20-21-8-3-11-25-30(21)31-23(29(19)20)9-4-12-26(31)33-25/h1-15H,16,32H2. The van der Waals surface area contributed by atoms with Crippen LogP contribution in [0.3, 0.4) is 0 Å². The van der Waals surface area contributed by atoms with Crippen LogP contribution in [0.5, 0.6) is 0 Å². The van der Waals surface area contributed by atoms with Crippen LogP contribution in [0.15, 0.2) is 99.8 Å². The summed E-state index contributed by atoms with van der Waals surface area (Å²) in [4.78, 5) is 0. The van der Waals surface area contributed by atoms with Crippen LogP contribution in [0, 0.1) is 0 Å². The van der Waals surface area contributed by atoms with Crippen LogP contribution < -0.4 is 5.73 Å². The number of hydrogen-bond donors (Lipinski definition) is 1. The summed E-state index contributed by atoms with van der Waals surface area (Å²) in [5.41, 5.74) is 13.1. The Kier molecular flexibility index (Phi) is 3.40. The van der Waals surface area contributed by atoms with Gasteiger partial charge in [0.1, 0.15) is 22.3 Å². The number of hydrogen-bond acceptors (Lipinski definition) is 3. The zero-order valence-corrected chi connectivity index (χ0v) is 18.3. The van der Waals surface area contributed by atoms with Crippen LogP contribution in [0.1, 0.15) is 5.56 Å². The molecule has 6 aromatic carbocycles. The van der Waals surface area contributed by atoms with Gasteiger partial charge in [-0.3, -0.25) is 0 Å². The summed E-state index contributed by atoms with van der Waals surface area (Å²) in [6.07, 6.45) is 0. The van der Waals surface area contributed by atoms with E-state index in [4.69, 9.17) is 14.6 Å². The lowest BCUT2D eigenvalue weighted by molar-refractivity contribution is 0.668. The Hall–Kier alpha value is -4.34. The van der Waals surface area contributed by atoms with Gasteiger partial charge in [-0.15, -0.1) is 0 Å². The lowest BCUT2D eigenvalue weighted by atomic mass is 9.89. The van der Waals surface area contributed by atoms with E-state index in [0.29, 0.717) is 6.54 Å². The third-order valence-electron chi connectivity index (χ3n) is 7.26. The summed E-state index contributed by atoms with van der Waals surface area (Å²) in [5.74, 6) is 0. The van der Waals surface area contributed by atoms with Gasteiger partial charge in [-0.2, -0.15) is 0 Å². The minimum Gasteiger partial charge on any atom is -0.456 e. The Labute approximate surface area is 194 Å². The van der Waals surface area contributed by atoms with Gasteiger partial charge in [0.25, 0.3) is 0 Å². The maximum Gasteiger partial charge on any atom is 0.136 e. The smallest absolute Gasteiger partial charge is 0.136 e. The van der Waals surface area contributed by atoms with Gasteiger partial charge in [-0.25, -0.2) is 0 Å². The molecule has 34 heavy (non-hydrogen) atoms. The lowest BCUT2D eigenvalue weighted by Crippen LogP contribution is -1.95. The molecule has 8 rings (SSSR count). The predicted octanol–water partition coefficient (Wildman–Crippen LogP) is 8.36. The van der Waals surface area contributed by atoms with Crippen molar-refractivity contribution in [2.24, 2.45) is 5.73 Å². The SMILES string of the molecule is NCc1cccc2oc3cc(-c4cccc5c6cccc7oc8cccc(c45)c8c76)ccc3c12. The van der Waals surface area contributed by atoms with Crippen LogP contribution in [-0.4, -0.2) is 0 Å². The minimum atomic E-state index is 0.489. The predicted molar refractivity (Wildman–Crippen MR) is 141 cm³/mol. The molecule has 0 fully saturated rings. The Morgan fingerprint density at radius 2 is 1.12 bits per heavy atom. The summed E-state index contributed by atoms with van der Waals surface area (Å²) in [6, 6.07) is 31.9. The van der Waals surface area contributed by atoms with Crippen LogP contribution >= 0.6 is 0 Å². The second kappa shape index (κ2) is 6.37. The van der Waals surface area contributed by atoms with Crippen LogP contribution in [0.2, 0.25) is 0 Å². The first-order valence-corrected chi connectivity index (χ1v) is 11.5. The molecule has 0 saturated heterocycles. The fourth-order valence-electron chi connectivity index (χ4n) is 5.84. The van der Waals surface area contributed by atoms with Gasteiger partial charge in [0.2, 0.25) is 0 Å². The average molecular weight is 437 g/mol. The maximum absolute atomic E-state index is 6.28. The van der Waals surface area contributed by atoms with E-state index in [1.54, 1.807) is 0 Å². The van der Waals surface area contributed by atoms with Crippen molar-refractivity contribution in [1.82, 2.24) is 0 Å². The molecule has 0 radical (unpaired) electrons. The van der Waals surface area contributed by atoms with Crippen molar-refractivity contribution in [1.29, 1.82) is 0 Å². The third-order valence-corrected chi connectivity index (χ3v) is 7.26. The van der Waals surface area contributed by atoms with E-state index >= 15 is 0 Å². The molecule has 0 aliphatic heterocycles.